The quantitative estimate of drug-likeness (QED) is 0.113. The third-order valence-electron chi connectivity index (χ3n) is 8.88. The third kappa shape index (κ3) is 8.02. The van der Waals surface area contributed by atoms with Crippen LogP contribution in [-0.2, 0) is 0 Å². The molecule has 4 aromatic rings. The van der Waals surface area contributed by atoms with Crippen molar-refractivity contribution in [2.45, 2.75) is 31.1 Å². The largest absolute Gasteiger partial charge is 0.493 e. The van der Waals surface area contributed by atoms with Gasteiger partial charge in [0.2, 0.25) is 0 Å². The van der Waals surface area contributed by atoms with Crippen molar-refractivity contribution in [2.75, 3.05) is 55.9 Å². The molecule has 0 N–H and O–H groups in total. The van der Waals surface area contributed by atoms with E-state index < -0.39 is 0 Å². The Morgan fingerprint density at radius 2 is 0.816 bits per heavy atom. The van der Waals surface area contributed by atoms with Gasteiger partial charge in [-0.05, 0) is 103 Å². The lowest BCUT2D eigenvalue weighted by Crippen LogP contribution is -2.12. The van der Waals surface area contributed by atoms with Gasteiger partial charge >= 0.3 is 0 Å². The molecule has 0 radical (unpaired) electrons. The van der Waals surface area contributed by atoms with Gasteiger partial charge in [0.05, 0.1) is 42.7 Å². The van der Waals surface area contributed by atoms with E-state index in [1.54, 1.807) is 64.8 Å². The number of carbonyl (C=O) groups excluding carboxylic acids is 2. The highest BCUT2D eigenvalue weighted by Crippen LogP contribution is 2.46. The lowest BCUT2D eigenvalue weighted by atomic mass is 9.92. The van der Waals surface area contributed by atoms with Crippen LogP contribution in [0.15, 0.2) is 72.8 Å². The highest BCUT2D eigenvalue weighted by molar-refractivity contribution is 5.98. The molecule has 0 aliphatic heterocycles. The summed E-state index contributed by atoms with van der Waals surface area (Å²) in [6.07, 6.45) is 2.96. The second kappa shape index (κ2) is 16.1. The Morgan fingerprint density at radius 3 is 1.18 bits per heavy atom. The molecule has 0 aromatic heterocycles. The number of methoxy groups -OCH3 is 6. The predicted molar refractivity (Wildman–Crippen MR) is 184 cm³/mol. The molecule has 10 heteroatoms. The fourth-order valence-electron chi connectivity index (χ4n) is 6.17. The molecule has 0 bridgehead atoms. The molecule has 10 nitrogen and oxygen atoms in total. The average Bonchev–Trinajstić information content (AvgIpc) is 3.65. The van der Waals surface area contributed by atoms with Crippen LogP contribution in [0.4, 0.5) is 0 Å². The van der Waals surface area contributed by atoms with Gasteiger partial charge in [-0.15, -0.1) is 0 Å². The summed E-state index contributed by atoms with van der Waals surface area (Å²) < 4.78 is 44.3. The van der Waals surface area contributed by atoms with Crippen molar-refractivity contribution in [1.82, 2.24) is 0 Å². The van der Waals surface area contributed by atoms with Crippen LogP contribution in [0, 0.1) is 0 Å². The lowest BCUT2D eigenvalue weighted by Gasteiger charge is -2.17. The summed E-state index contributed by atoms with van der Waals surface area (Å²) in [6.45, 7) is -0.300. The molecule has 1 aliphatic carbocycles. The Bertz CT molecular complexity index is 1650. The smallest absolute Gasteiger partial charge is 0.200 e. The van der Waals surface area contributed by atoms with Crippen molar-refractivity contribution in [3.8, 4) is 46.0 Å². The molecule has 0 spiro atoms. The van der Waals surface area contributed by atoms with E-state index in [0.717, 1.165) is 30.4 Å². The minimum absolute atomic E-state index is 0.150. The van der Waals surface area contributed by atoms with Crippen molar-refractivity contribution >= 4 is 11.6 Å². The van der Waals surface area contributed by atoms with Crippen LogP contribution in [0.2, 0.25) is 0 Å². The van der Waals surface area contributed by atoms with Gasteiger partial charge in [-0.3, -0.25) is 9.59 Å². The summed E-state index contributed by atoms with van der Waals surface area (Å²) in [4.78, 5) is 25.7. The van der Waals surface area contributed by atoms with Gasteiger partial charge in [-0.25, -0.2) is 0 Å². The molecule has 0 saturated heterocycles. The molecule has 1 fully saturated rings. The van der Waals surface area contributed by atoms with Crippen LogP contribution in [0.25, 0.3) is 0 Å². The maximum atomic E-state index is 12.9. The fraction of sp³-hybridized carbons (Fsp3) is 0.333. The Hall–Kier alpha value is -5.38. The van der Waals surface area contributed by atoms with E-state index in [4.69, 9.17) is 37.9 Å². The van der Waals surface area contributed by atoms with E-state index in [-0.39, 0.29) is 24.8 Å². The summed E-state index contributed by atoms with van der Waals surface area (Å²) >= 11 is 0. The fourth-order valence-corrected chi connectivity index (χ4v) is 6.17. The first-order valence-corrected chi connectivity index (χ1v) is 15.9. The van der Waals surface area contributed by atoms with E-state index in [9.17, 15) is 9.59 Å². The zero-order valence-corrected chi connectivity index (χ0v) is 28.7. The van der Waals surface area contributed by atoms with Crippen LogP contribution < -0.4 is 37.9 Å². The number of benzene rings is 4. The number of ether oxygens (including phenoxy) is 8. The van der Waals surface area contributed by atoms with Crippen LogP contribution in [0.1, 0.15) is 62.9 Å². The molecular formula is C39H42O10. The number of hydrogen-bond donors (Lipinski definition) is 0. The predicted octanol–water partition coefficient (Wildman–Crippen LogP) is 7.31. The first kappa shape index (κ1) is 34.9. The first-order chi connectivity index (χ1) is 23.8. The van der Waals surface area contributed by atoms with Crippen LogP contribution >= 0.6 is 0 Å². The van der Waals surface area contributed by atoms with Gasteiger partial charge in [0.25, 0.3) is 0 Å². The molecule has 0 heterocycles. The van der Waals surface area contributed by atoms with Crippen LogP contribution in [0.3, 0.4) is 0 Å². The van der Waals surface area contributed by atoms with Crippen molar-refractivity contribution in [3.05, 3.63) is 95.1 Å². The van der Waals surface area contributed by atoms with Gasteiger partial charge in [-0.1, -0.05) is 12.1 Å². The highest BCUT2D eigenvalue weighted by atomic mass is 16.5. The zero-order valence-electron chi connectivity index (χ0n) is 28.7. The van der Waals surface area contributed by atoms with Crippen molar-refractivity contribution < 1.29 is 47.5 Å². The lowest BCUT2D eigenvalue weighted by molar-refractivity contribution is 0.0912. The minimum atomic E-state index is -0.193. The average molecular weight is 671 g/mol. The monoisotopic (exact) mass is 670 g/mol. The van der Waals surface area contributed by atoms with Crippen molar-refractivity contribution in [1.29, 1.82) is 0 Å². The second-order valence-electron chi connectivity index (χ2n) is 11.6. The van der Waals surface area contributed by atoms with Gasteiger partial charge in [0.15, 0.2) is 70.8 Å². The molecule has 2 unspecified atom stereocenters. The van der Waals surface area contributed by atoms with E-state index in [1.807, 2.05) is 36.4 Å². The summed E-state index contributed by atoms with van der Waals surface area (Å²) in [5.41, 5.74) is 3.23. The van der Waals surface area contributed by atoms with Gasteiger partial charge in [0, 0.05) is 11.1 Å². The minimum Gasteiger partial charge on any atom is -0.493 e. The molecule has 4 aromatic carbocycles. The van der Waals surface area contributed by atoms with E-state index in [0.29, 0.717) is 69.0 Å². The number of hydrogen-bond acceptors (Lipinski definition) is 10. The number of carbonyl (C=O) groups is 2. The Labute approximate surface area is 286 Å². The maximum Gasteiger partial charge on any atom is 0.200 e. The zero-order chi connectivity index (χ0) is 34.9. The Morgan fingerprint density at radius 1 is 0.469 bits per heavy atom. The molecule has 49 heavy (non-hydrogen) atoms. The summed E-state index contributed by atoms with van der Waals surface area (Å²) in [5, 5.41) is 0. The molecule has 0 amide bonds. The number of rotatable bonds is 16. The van der Waals surface area contributed by atoms with E-state index in [2.05, 4.69) is 0 Å². The number of Topliss-reactive ketones (excluding diaryl/α,β-unsaturated/α-hetero) is 2. The maximum absolute atomic E-state index is 12.9. The highest BCUT2D eigenvalue weighted by Gasteiger charge is 2.29. The molecule has 5 rings (SSSR count). The van der Waals surface area contributed by atoms with Gasteiger partial charge in [-0.2, -0.15) is 0 Å². The summed E-state index contributed by atoms with van der Waals surface area (Å²) in [7, 11) is 9.33. The standard InChI is InChI=1S/C39H42O10/c1-42-32-13-11-28(20-36(32)44-3)30(40)22-48-34-15-9-26(18-38(34)46-5)24-7-8-25(17-24)27-10-16-35(39(19-27)47-6)49-23-31(41)29-12-14-33(43-2)37(21-29)45-4/h9-16,18-21,24-25H,7-8,17,22-23H2,1-6H3. The van der Waals surface area contributed by atoms with Gasteiger partial charge in [0.1, 0.15) is 0 Å². The topological polar surface area (TPSA) is 108 Å². The molecule has 2 atom stereocenters. The van der Waals surface area contributed by atoms with Gasteiger partial charge < -0.3 is 37.9 Å². The van der Waals surface area contributed by atoms with Crippen LogP contribution in [0.5, 0.6) is 46.0 Å². The third-order valence-corrected chi connectivity index (χ3v) is 8.88. The van der Waals surface area contributed by atoms with E-state index in [1.165, 1.54) is 14.2 Å². The van der Waals surface area contributed by atoms with Crippen molar-refractivity contribution in [2.24, 2.45) is 0 Å². The molecule has 1 saturated carbocycles. The molecule has 258 valence electrons. The Balaban J connectivity index is 1.20. The number of ketones is 2. The first-order valence-electron chi connectivity index (χ1n) is 15.9. The normalized spacial score (nSPS) is 15.2. The molecular weight excluding hydrogens is 628 g/mol. The Kier molecular flexibility index (Phi) is 11.5. The molecule has 1 aliphatic rings. The van der Waals surface area contributed by atoms with Crippen LogP contribution in [-0.4, -0.2) is 67.4 Å². The summed E-state index contributed by atoms with van der Waals surface area (Å²) in [5.74, 6) is 4.46. The van der Waals surface area contributed by atoms with E-state index >= 15 is 0 Å². The van der Waals surface area contributed by atoms with Crippen molar-refractivity contribution in [3.63, 3.8) is 0 Å². The summed E-state index contributed by atoms with van der Waals surface area (Å²) in [6, 6.07) is 21.8. The SMILES string of the molecule is COc1ccc(C(=O)COc2ccc(C3CCC(c4ccc(OCC(=O)c5ccc(OC)c(OC)c5)c(OC)c4)C3)cc2OC)cc1OC. The second-order valence-corrected chi connectivity index (χ2v) is 11.6.